The number of amides is 1. The predicted octanol–water partition coefficient (Wildman–Crippen LogP) is 3.72. The molecule has 4 nitrogen and oxygen atoms in total. The number of nitrogens with one attached hydrogen (secondary N) is 1. The van der Waals surface area contributed by atoms with Crippen molar-refractivity contribution in [2.24, 2.45) is 0 Å². The number of benzene rings is 2. The Kier molecular flexibility index (Phi) is 7.00. The number of halogens is 1. The van der Waals surface area contributed by atoms with Gasteiger partial charge in [-0.15, -0.1) is 0 Å². The highest BCUT2D eigenvalue weighted by Gasteiger charge is 2.18. The molecule has 1 fully saturated rings. The van der Waals surface area contributed by atoms with Crippen molar-refractivity contribution in [3.05, 3.63) is 70.7 Å². The largest absolute Gasteiger partial charge is 0.325 e. The Morgan fingerprint density at radius 3 is 2.31 bits per heavy atom. The first kappa shape index (κ1) is 18.8. The molecule has 0 unspecified atom stereocenters. The van der Waals surface area contributed by atoms with E-state index in [4.69, 9.17) is 0 Å². The summed E-state index contributed by atoms with van der Waals surface area (Å²) in [6.07, 6.45) is 4.38. The molecular formula is C21H24BrN3O. The fraction of sp³-hybridized carbons (Fsp3) is 0.286. The third-order valence-electron chi connectivity index (χ3n) is 4.43. The lowest BCUT2D eigenvalue weighted by Crippen LogP contribution is -2.48. The molecule has 2 aromatic rings. The second-order valence-electron chi connectivity index (χ2n) is 6.44. The van der Waals surface area contributed by atoms with Gasteiger partial charge in [0.1, 0.15) is 0 Å². The number of hydrogen-bond donors (Lipinski definition) is 1. The average molecular weight is 414 g/mol. The zero-order chi connectivity index (χ0) is 18.2. The van der Waals surface area contributed by atoms with Gasteiger partial charge >= 0.3 is 0 Å². The van der Waals surface area contributed by atoms with Crippen molar-refractivity contribution in [3.8, 4) is 0 Å². The third-order valence-corrected chi connectivity index (χ3v) is 4.96. The Labute approximate surface area is 163 Å². The van der Waals surface area contributed by atoms with E-state index >= 15 is 0 Å². The monoisotopic (exact) mass is 413 g/mol. The highest BCUT2D eigenvalue weighted by Crippen LogP contribution is 2.14. The van der Waals surface area contributed by atoms with Gasteiger partial charge in [0, 0.05) is 42.9 Å². The summed E-state index contributed by atoms with van der Waals surface area (Å²) in [7, 11) is 0. The number of nitrogens with zero attached hydrogens (tertiary/aromatic N) is 2. The van der Waals surface area contributed by atoms with E-state index in [1.165, 1.54) is 5.56 Å². The quantitative estimate of drug-likeness (QED) is 0.783. The molecule has 0 atom stereocenters. The first-order chi connectivity index (χ1) is 12.7. The van der Waals surface area contributed by atoms with Crippen molar-refractivity contribution < 1.29 is 4.79 Å². The normalized spacial score (nSPS) is 16.0. The second kappa shape index (κ2) is 9.67. The summed E-state index contributed by atoms with van der Waals surface area (Å²) in [4.78, 5) is 16.8. The van der Waals surface area contributed by atoms with Crippen molar-refractivity contribution in [2.75, 3.05) is 44.6 Å². The molecule has 5 heteroatoms. The summed E-state index contributed by atoms with van der Waals surface area (Å²) in [6.45, 7) is 5.23. The van der Waals surface area contributed by atoms with Crippen LogP contribution in [0.25, 0.3) is 6.08 Å². The summed E-state index contributed by atoms with van der Waals surface area (Å²) in [5.41, 5.74) is 2.07. The van der Waals surface area contributed by atoms with E-state index < -0.39 is 0 Å². The molecule has 0 aliphatic carbocycles. The van der Waals surface area contributed by atoms with Gasteiger partial charge in [0.05, 0.1) is 6.54 Å². The molecule has 136 valence electrons. The van der Waals surface area contributed by atoms with Gasteiger partial charge in [0.25, 0.3) is 0 Å². The van der Waals surface area contributed by atoms with Crippen molar-refractivity contribution in [2.45, 2.75) is 0 Å². The van der Waals surface area contributed by atoms with Crippen molar-refractivity contribution in [1.29, 1.82) is 0 Å². The minimum absolute atomic E-state index is 0.0461. The van der Waals surface area contributed by atoms with Crippen LogP contribution in [0.2, 0.25) is 0 Å². The van der Waals surface area contributed by atoms with E-state index in [1.807, 2.05) is 30.3 Å². The highest BCUT2D eigenvalue weighted by atomic mass is 79.9. The molecule has 1 aliphatic rings. The Morgan fingerprint density at radius 1 is 0.962 bits per heavy atom. The molecule has 0 spiro atoms. The van der Waals surface area contributed by atoms with Gasteiger partial charge in [-0.25, -0.2) is 0 Å². The van der Waals surface area contributed by atoms with E-state index in [2.05, 4.69) is 67.5 Å². The Hall–Kier alpha value is -1.95. The number of anilines is 1. The van der Waals surface area contributed by atoms with E-state index in [0.29, 0.717) is 6.54 Å². The molecule has 1 saturated heterocycles. The van der Waals surface area contributed by atoms with Crippen LogP contribution in [0.15, 0.2) is 65.1 Å². The molecule has 0 aromatic heterocycles. The van der Waals surface area contributed by atoms with Crippen molar-refractivity contribution in [1.82, 2.24) is 9.80 Å². The molecule has 1 amide bonds. The topological polar surface area (TPSA) is 35.6 Å². The smallest absolute Gasteiger partial charge is 0.238 e. The van der Waals surface area contributed by atoms with Crippen molar-refractivity contribution >= 4 is 33.6 Å². The van der Waals surface area contributed by atoms with Crippen LogP contribution in [-0.4, -0.2) is 55.0 Å². The number of piperazine rings is 1. The van der Waals surface area contributed by atoms with E-state index in [0.717, 1.165) is 42.9 Å². The van der Waals surface area contributed by atoms with Crippen LogP contribution >= 0.6 is 15.9 Å². The fourth-order valence-corrected chi connectivity index (χ4v) is 3.23. The van der Waals surface area contributed by atoms with E-state index in [9.17, 15) is 4.79 Å². The summed E-state index contributed by atoms with van der Waals surface area (Å²) in [6, 6.07) is 18.0. The third kappa shape index (κ3) is 6.09. The Bertz CT molecular complexity index is 723. The fourth-order valence-electron chi connectivity index (χ4n) is 2.97. The molecule has 1 aliphatic heterocycles. The van der Waals surface area contributed by atoms with Gasteiger partial charge < -0.3 is 5.32 Å². The van der Waals surface area contributed by atoms with Crippen LogP contribution in [0.1, 0.15) is 5.56 Å². The lowest BCUT2D eigenvalue weighted by atomic mass is 10.2. The van der Waals surface area contributed by atoms with Gasteiger partial charge in [0.2, 0.25) is 5.91 Å². The van der Waals surface area contributed by atoms with Crippen LogP contribution in [0.5, 0.6) is 0 Å². The minimum Gasteiger partial charge on any atom is -0.325 e. The standard InChI is InChI=1S/C21H24BrN3O/c22-19-8-10-20(11-9-19)23-21(26)17-25-15-13-24(14-16-25)12-4-7-18-5-2-1-3-6-18/h1-11H,12-17H2,(H,23,26). The molecule has 3 rings (SSSR count). The molecule has 0 saturated carbocycles. The summed E-state index contributed by atoms with van der Waals surface area (Å²) >= 11 is 3.40. The summed E-state index contributed by atoms with van der Waals surface area (Å²) in [5, 5.41) is 2.95. The first-order valence-corrected chi connectivity index (χ1v) is 9.70. The second-order valence-corrected chi connectivity index (χ2v) is 7.36. The molecule has 0 radical (unpaired) electrons. The average Bonchev–Trinajstić information content (AvgIpc) is 2.66. The molecule has 1 heterocycles. The van der Waals surface area contributed by atoms with Crippen LogP contribution in [0.3, 0.4) is 0 Å². The maximum absolute atomic E-state index is 12.2. The van der Waals surface area contributed by atoms with Gasteiger partial charge in [-0.2, -0.15) is 0 Å². The number of hydrogen-bond acceptors (Lipinski definition) is 3. The van der Waals surface area contributed by atoms with Gasteiger partial charge in [0.15, 0.2) is 0 Å². The van der Waals surface area contributed by atoms with Crippen LogP contribution in [0, 0.1) is 0 Å². The van der Waals surface area contributed by atoms with Crippen molar-refractivity contribution in [3.63, 3.8) is 0 Å². The van der Waals surface area contributed by atoms with Crippen LogP contribution in [0.4, 0.5) is 5.69 Å². The Morgan fingerprint density at radius 2 is 1.62 bits per heavy atom. The van der Waals surface area contributed by atoms with Gasteiger partial charge in [-0.3, -0.25) is 14.6 Å². The molecule has 2 aromatic carbocycles. The van der Waals surface area contributed by atoms with Gasteiger partial charge in [-0.1, -0.05) is 58.4 Å². The predicted molar refractivity (Wildman–Crippen MR) is 111 cm³/mol. The zero-order valence-electron chi connectivity index (χ0n) is 14.8. The van der Waals surface area contributed by atoms with Crippen LogP contribution in [-0.2, 0) is 4.79 Å². The van der Waals surface area contributed by atoms with E-state index in [-0.39, 0.29) is 5.91 Å². The molecule has 1 N–H and O–H groups in total. The lowest BCUT2D eigenvalue weighted by Gasteiger charge is -2.33. The Balaban J connectivity index is 1.37. The van der Waals surface area contributed by atoms with Crippen LogP contribution < -0.4 is 5.32 Å². The molecular weight excluding hydrogens is 390 g/mol. The molecule has 26 heavy (non-hydrogen) atoms. The number of carbonyl (C=O) groups is 1. The zero-order valence-corrected chi connectivity index (χ0v) is 16.4. The SMILES string of the molecule is O=C(CN1CCN(CC=Cc2ccccc2)CC1)Nc1ccc(Br)cc1. The highest BCUT2D eigenvalue weighted by molar-refractivity contribution is 9.10. The molecule has 0 bridgehead atoms. The maximum atomic E-state index is 12.2. The summed E-state index contributed by atoms with van der Waals surface area (Å²) < 4.78 is 1.01. The number of rotatable bonds is 6. The maximum Gasteiger partial charge on any atom is 0.238 e. The lowest BCUT2D eigenvalue weighted by molar-refractivity contribution is -0.117. The number of carbonyl (C=O) groups excluding carboxylic acids is 1. The summed E-state index contributed by atoms with van der Waals surface area (Å²) in [5.74, 6) is 0.0461. The minimum atomic E-state index is 0.0461. The van der Waals surface area contributed by atoms with E-state index in [1.54, 1.807) is 0 Å². The first-order valence-electron chi connectivity index (χ1n) is 8.91. The van der Waals surface area contributed by atoms with Gasteiger partial charge in [-0.05, 0) is 29.8 Å².